The van der Waals surface area contributed by atoms with Gasteiger partial charge in [0.1, 0.15) is 0 Å². The zero-order valence-corrected chi connectivity index (χ0v) is 27.3. The number of benzene rings is 2. The number of ether oxygens (including phenoxy) is 2. The summed E-state index contributed by atoms with van der Waals surface area (Å²) in [5.41, 5.74) is 3.11. The Kier molecular flexibility index (Phi) is 11.2. The number of unbranched alkanes of at least 4 members (excludes halogenated alkanes) is 2. The summed E-state index contributed by atoms with van der Waals surface area (Å²) < 4.78 is 11.2. The molecule has 0 radical (unpaired) electrons. The fraction of sp³-hybridized carbons (Fsp3) is 0.571. The minimum atomic E-state index is -0.951. The maximum Gasteiger partial charge on any atom is 0.308 e. The molecule has 250 valence electrons. The lowest BCUT2D eigenvalue weighted by atomic mass is 9.83. The number of aliphatic carboxylic acids is 1. The number of likely N-dealkylation sites (tertiary alicyclic amines) is 1. The Hall–Kier alpha value is -3.67. The van der Waals surface area contributed by atoms with Crippen LogP contribution in [0, 0.1) is 5.92 Å². The van der Waals surface area contributed by atoms with Gasteiger partial charge in [-0.3, -0.25) is 19.3 Å². The zero-order valence-electron chi connectivity index (χ0n) is 27.3. The van der Waals surface area contributed by atoms with Crippen molar-refractivity contribution in [3.8, 4) is 11.5 Å². The van der Waals surface area contributed by atoms with Crippen LogP contribution in [0.4, 0.5) is 5.69 Å². The van der Waals surface area contributed by atoms with E-state index in [9.17, 15) is 24.6 Å². The third kappa shape index (κ3) is 7.48. The first-order valence-corrected chi connectivity index (χ1v) is 16.5. The Morgan fingerprint density at radius 3 is 2.54 bits per heavy atom. The molecule has 0 spiro atoms. The summed E-state index contributed by atoms with van der Waals surface area (Å²) in [5.74, 6) is -1.29. The first-order chi connectivity index (χ1) is 22.2. The first kappa shape index (κ1) is 33.7. The number of carbonyl (C=O) groups excluding carboxylic acids is 2. The van der Waals surface area contributed by atoms with Gasteiger partial charge in [0, 0.05) is 49.4 Å². The second kappa shape index (κ2) is 15.3. The third-order valence-corrected chi connectivity index (χ3v) is 9.53. The molecule has 2 aromatic carbocycles. The van der Waals surface area contributed by atoms with Crippen molar-refractivity contribution in [2.45, 2.75) is 64.0 Å². The monoisotopic (exact) mass is 636 g/mol. The molecule has 2 aromatic rings. The van der Waals surface area contributed by atoms with Crippen molar-refractivity contribution in [2.75, 3.05) is 65.1 Å². The highest BCUT2D eigenvalue weighted by atomic mass is 16.7. The first-order valence-electron chi connectivity index (χ1n) is 16.5. The third-order valence-electron chi connectivity index (χ3n) is 9.53. The maximum absolute atomic E-state index is 13.9. The molecule has 11 heteroatoms. The predicted octanol–water partition coefficient (Wildman–Crippen LogP) is 3.33. The average Bonchev–Trinajstić information content (AvgIpc) is 3.74. The summed E-state index contributed by atoms with van der Waals surface area (Å²) in [7, 11) is 4.08. The predicted molar refractivity (Wildman–Crippen MR) is 174 cm³/mol. The minimum Gasteiger partial charge on any atom is -0.481 e. The molecular formula is C35H48N4O7. The second-order valence-corrected chi connectivity index (χ2v) is 12.9. The summed E-state index contributed by atoms with van der Waals surface area (Å²) in [5, 5.41) is 20.8. The van der Waals surface area contributed by atoms with E-state index in [4.69, 9.17) is 9.47 Å². The maximum atomic E-state index is 13.9. The van der Waals surface area contributed by atoms with Crippen molar-refractivity contribution in [3.05, 3.63) is 53.1 Å². The van der Waals surface area contributed by atoms with E-state index in [1.165, 1.54) is 0 Å². The van der Waals surface area contributed by atoms with Gasteiger partial charge in [-0.2, -0.15) is 0 Å². The minimum absolute atomic E-state index is 0.00239. The number of carbonyl (C=O) groups is 3. The van der Waals surface area contributed by atoms with E-state index >= 15 is 0 Å². The van der Waals surface area contributed by atoms with Crippen LogP contribution in [0.3, 0.4) is 0 Å². The highest BCUT2D eigenvalue weighted by Crippen LogP contribution is 2.45. The van der Waals surface area contributed by atoms with E-state index < -0.39 is 23.8 Å². The van der Waals surface area contributed by atoms with Gasteiger partial charge in [0.15, 0.2) is 11.5 Å². The lowest BCUT2D eigenvalue weighted by molar-refractivity contribution is -0.143. The molecule has 3 atom stereocenters. The van der Waals surface area contributed by atoms with Crippen LogP contribution in [0.25, 0.3) is 0 Å². The molecule has 3 aliphatic heterocycles. The Morgan fingerprint density at radius 2 is 1.80 bits per heavy atom. The normalized spacial score (nSPS) is 20.5. The van der Waals surface area contributed by atoms with E-state index in [0.717, 1.165) is 49.0 Å². The summed E-state index contributed by atoms with van der Waals surface area (Å²) in [6.45, 7) is 4.97. The van der Waals surface area contributed by atoms with Gasteiger partial charge < -0.3 is 34.4 Å². The van der Waals surface area contributed by atoms with Crippen molar-refractivity contribution >= 4 is 23.5 Å². The van der Waals surface area contributed by atoms with Gasteiger partial charge in [-0.05, 0) is 75.6 Å². The van der Waals surface area contributed by atoms with Crippen molar-refractivity contribution in [2.24, 2.45) is 5.92 Å². The standard InChI is InChI=1S/C35H48N4O7/c1-4-5-14-37(15-9-8-13-36(2)3)32(42)21-38-20-27(25-17-26(22-40)34-30(18-25)45-23-46-34)33(35(43)44)29(38)12-16-39-28-11-7-6-10-24(28)19-31(39)41/h6-7,10-11,17-18,27,29,33,40H,4-5,8-9,12-16,19-23H2,1-3H3,(H,43,44)/t27-,29+,33-/m1/s1. The smallest absolute Gasteiger partial charge is 0.308 e. The molecule has 3 heterocycles. The van der Waals surface area contributed by atoms with Crippen LogP contribution in [-0.4, -0.2) is 109 Å². The number of carboxylic acids is 1. The molecule has 0 bridgehead atoms. The van der Waals surface area contributed by atoms with Crippen molar-refractivity contribution in [3.63, 3.8) is 0 Å². The SMILES string of the molecule is CCCCN(CCCCN(C)C)C(=O)CN1C[C@H](c2cc(CO)c3c(c2)OCO3)[C@@H](C(=O)O)[C@@H]1CCN1C(=O)Cc2ccccc21. The van der Waals surface area contributed by atoms with Gasteiger partial charge in [-0.15, -0.1) is 0 Å². The quantitative estimate of drug-likeness (QED) is 0.267. The van der Waals surface area contributed by atoms with E-state index in [-0.39, 0.29) is 31.8 Å². The van der Waals surface area contributed by atoms with Crippen molar-refractivity contribution < 1.29 is 34.1 Å². The van der Waals surface area contributed by atoms with E-state index in [2.05, 4.69) is 11.8 Å². The Morgan fingerprint density at radius 1 is 1.04 bits per heavy atom. The van der Waals surface area contributed by atoms with Gasteiger partial charge in [-0.1, -0.05) is 31.5 Å². The van der Waals surface area contributed by atoms with Crippen LogP contribution in [0.15, 0.2) is 36.4 Å². The summed E-state index contributed by atoms with van der Waals surface area (Å²) in [6, 6.07) is 10.8. The van der Waals surface area contributed by atoms with Crippen LogP contribution in [0.1, 0.15) is 61.6 Å². The number of anilines is 1. The molecule has 0 aromatic heterocycles. The molecule has 2 N–H and O–H groups in total. The molecule has 2 amide bonds. The Balaban J connectivity index is 1.41. The van der Waals surface area contributed by atoms with Gasteiger partial charge >= 0.3 is 5.97 Å². The van der Waals surface area contributed by atoms with Gasteiger partial charge in [0.2, 0.25) is 18.6 Å². The van der Waals surface area contributed by atoms with Crippen LogP contribution in [0.2, 0.25) is 0 Å². The number of para-hydroxylation sites is 1. The summed E-state index contributed by atoms with van der Waals surface area (Å²) in [6.07, 6.45) is 4.49. The Labute approximate surface area is 271 Å². The van der Waals surface area contributed by atoms with Crippen LogP contribution < -0.4 is 14.4 Å². The topological polar surface area (TPSA) is 123 Å². The molecule has 1 fully saturated rings. The van der Waals surface area contributed by atoms with Crippen LogP contribution >= 0.6 is 0 Å². The summed E-state index contributed by atoms with van der Waals surface area (Å²) >= 11 is 0. The van der Waals surface area contributed by atoms with Crippen LogP contribution in [0.5, 0.6) is 11.5 Å². The molecule has 3 aliphatic rings. The van der Waals surface area contributed by atoms with Crippen molar-refractivity contribution in [1.29, 1.82) is 0 Å². The lowest BCUT2D eigenvalue weighted by Crippen LogP contribution is -2.46. The van der Waals surface area contributed by atoms with Crippen molar-refractivity contribution in [1.82, 2.24) is 14.7 Å². The number of carboxylic acid groups (broad SMARTS) is 1. The van der Waals surface area contributed by atoms with E-state index in [1.807, 2.05) is 54.2 Å². The zero-order chi connectivity index (χ0) is 32.8. The van der Waals surface area contributed by atoms with E-state index in [0.29, 0.717) is 56.1 Å². The number of fused-ring (bicyclic) bond motifs is 2. The lowest BCUT2D eigenvalue weighted by Gasteiger charge is -2.31. The number of amides is 2. The largest absolute Gasteiger partial charge is 0.481 e. The fourth-order valence-electron chi connectivity index (χ4n) is 7.17. The fourth-order valence-corrected chi connectivity index (χ4v) is 7.17. The summed E-state index contributed by atoms with van der Waals surface area (Å²) in [4.78, 5) is 47.8. The van der Waals surface area contributed by atoms with E-state index in [1.54, 1.807) is 11.0 Å². The number of nitrogens with zero attached hydrogens (tertiary/aromatic N) is 4. The highest BCUT2D eigenvalue weighted by molar-refractivity contribution is 6.01. The number of aliphatic hydroxyl groups excluding tert-OH is 1. The molecule has 0 unspecified atom stereocenters. The second-order valence-electron chi connectivity index (χ2n) is 12.9. The average molecular weight is 637 g/mol. The van der Waals surface area contributed by atoms with Gasteiger partial charge in [-0.25, -0.2) is 0 Å². The molecule has 46 heavy (non-hydrogen) atoms. The molecule has 5 rings (SSSR count). The van der Waals surface area contributed by atoms with Gasteiger partial charge in [0.05, 0.1) is 25.5 Å². The number of hydrogen-bond acceptors (Lipinski definition) is 8. The number of hydrogen-bond donors (Lipinski definition) is 2. The van der Waals surface area contributed by atoms with Gasteiger partial charge in [0.25, 0.3) is 0 Å². The number of rotatable bonds is 16. The Bertz CT molecular complexity index is 1400. The number of aliphatic hydroxyl groups is 1. The molecule has 0 saturated carbocycles. The van der Waals surface area contributed by atoms with Crippen LogP contribution in [-0.2, 0) is 27.4 Å². The molecule has 0 aliphatic carbocycles. The molecule has 11 nitrogen and oxygen atoms in total. The molecular weight excluding hydrogens is 588 g/mol. The highest BCUT2D eigenvalue weighted by Gasteiger charge is 2.48. The molecule has 1 saturated heterocycles.